The quantitative estimate of drug-likeness (QED) is 0.551. The van der Waals surface area contributed by atoms with Crippen molar-refractivity contribution >= 4 is 15.9 Å². The molecular formula is C23H32F3N3O2S. The Hall–Kier alpha value is -2.10. The first-order chi connectivity index (χ1) is 14.9. The molecule has 0 aromatic heterocycles. The topological polar surface area (TPSA) is 84.2 Å². The van der Waals surface area contributed by atoms with Gasteiger partial charge in [0.15, 0.2) is 0 Å². The highest BCUT2D eigenvalue weighted by Gasteiger charge is 2.33. The number of nitrogens with two attached hydrogens (primary N) is 1. The van der Waals surface area contributed by atoms with Gasteiger partial charge in [0.2, 0.25) is 0 Å². The van der Waals surface area contributed by atoms with Crippen molar-refractivity contribution in [2.45, 2.75) is 45.7 Å². The Morgan fingerprint density at radius 3 is 2.38 bits per heavy atom. The van der Waals surface area contributed by atoms with Gasteiger partial charge in [-0.05, 0) is 61.3 Å². The average Bonchev–Trinajstić information content (AvgIpc) is 2.71. The lowest BCUT2D eigenvalue weighted by Gasteiger charge is -2.33. The van der Waals surface area contributed by atoms with Gasteiger partial charge in [-0.15, -0.1) is 0 Å². The van der Waals surface area contributed by atoms with Crippen LogP contribution in [-0.4, -0.2) is 21.5 Å². The van der Waals surface area contributed by atoms with E-state index in [1.165, 1.54) is 17.7 Å². The predicted octanol–water partition coefficient (Wildman–Crippen LogP) is 5.06. The van der Waals surface area contributed by atoms with E-state index < -0.39 is 21.9 Å². The third-order valence-corrected chi connectivity index (χ3v) is 6.30. The standard InChI is InChI=1S/C16H24F3N3O2S.C7H8/c1-10(8-22-25(20,23)24)3-4-12-9-21-15-6-5-13(16(17,18)19)7-14(15)11(12)2;1-7-5-3-2-4-6-7/h5-7,10-12,21-22H,3-4,8-9H2,1-2H3,(H2,20,23,24);2-6H,1H3. The summed E-state index contributed by atoms with van der Waals surface area (Å²) in [5, 5.41) is 8.11. The minimum absolute atomic E-state index is 0.00282. The normalized spacial score (nSPS) is 19.2. The number of halogens is 3. The summed E-state index contributed by atoms with van der Waals surface area (Å²) in [6.07, 6.45) is -2.81. The maximum atomic E-state index is 12.9. The first-order valence-corrected chi connectivity index (χ1v) is 12.2. The fourth-order valence-electron chi connectivity index (χ4n) is 3.69. The molecule has 0 bridgehead atoms. The Balaban J connectivity index is 0.000000439. The molecule has 0 spiro atoms. The summed E-state index contributed by atoms with van der Waals surface area (Å²) in [6.45, 7) is 6.88. The van der Waals surface area contributed by atoms with E-state index in [9.17, 15) is 21.6 Å². The van der Waals surface area contributed by atoms with E-state index in [4.69, 9.17) is 5.14 Å². The molecule has 2 aromatic carbocycles. The summed E-state index contributed by atoms with van der Waals surface area (Å²) >= 11 is 0. The van der Waals surface area contributed by atoms with Gasteiger partial charge in [-0.25, -0.2) is 9.86 Å². The van der Waals surface area contributed by atoms with Crippen molar-refractivity contribution < 1.29 is 21.6 Å². The molecule has 2 aromatic rings. The molecule has 1 aliphatic heterocycles. The third-order valence-electron chi connectivity index (χ3n) is 5.73. The Bertz CT molecular complexity index is 966. The minimum atomic E-state index is -4.35. The highest BCUT2D eigenvalue weighted by Crippen LogP contribution is 2.40. The van der Waals surface area contributed by atoms with Crippen molar-refractivity contribution in [1.29, 1.82) is 0 Å². The minimum Gasteiger partial charge on any atom is -0.385 e. The highest BCUT2D eigenvalue weighted by molar-refractivity contribution is 7.87. The van der Waals surface area contributed by atoms with Gasteiger partial charge in [-0.3, -0.25) is 0 Å². The van der Waals surface area contributed by atoms with Gasteiger partial charge >= 0.3 is 6.18 Å². The number of aryl methyl sites for hydroxylation is 1. The highest BCUT2D eigenvalue weighted by atomic mass is 32.2. The summed E-state index contributed by atoms with van der Waals surface area (Å²) in [4.78, 5) is 0. The van der Waals surface area contributed by atoms with Gasteiger partial charge < -0.3 is 5.32 Å². The fraction of sp³-hybridized carbons (Fsp3) is 0.478. The Labute approximate surface area is 188 Å². The van der Waals surface area contributed by atoms with E-state index >= 15 is 0 Å². The molecule has 5 nitrogen and oxygen atoms in total. The van der Waals surface area contributed by atoms with Crippen molar-refractivity contribution in [3.05, 3.63) is 65.2 Å². The second-order valence-corrected chi connectivity index (χ2v) is 9.84. The first-order valence-electron chi connectivity index (χ1n) is 10.6. The SMILES string of the molecule is CC(CCC1CNc2ccc(C(F)(F)F)cc2C1C)CNS(N)(=O)=O.Cc1ccccc1. The van der Waals surface area contributed by atoms with Crippen LogP contribution in [0.15, 0.2) is 48.5 Å². The third kappa shape index (κ3) is 8.44. The van der Waals surface area contributed by atoms with Crippen molar-refractivity contribution in [1.82, 2.24) is 4.72 Å². The summed E-state index contributed by atoms with van der Waals surface area (Å²) < 4.78 is 62.9. The van der Waals surface area contributed by atoms with Crippen LogP contribution >= 0.6 is 0 Å². The lowest BCUT2D eigenvalue weighted by atomic mass is 9.79. The second kappa shape index (κ2) is 11.2. The van der Waals surface area contributed by atoms with Crippen LogP contribution in [0.5, 0.6) is 0 Å². The van der Waals surface area contributed by atoms with Crippen LogP contribution < -0.4 is 15.2 Å². The number of alkyl halides is 3. The van der Waals surface area contributed by atoms with Gasteiger partial charge in [-0.2, -0.15) is 21.6 Å². The van der Waals surface area contributed by atoms with E-state index in [1.54, 1.807) is 0 Å². The number of hydrogen-bond donors (Lipinski definition) is 3. The number of benzene rings is 2. The maximum Gasteiger partial charge on any atom is 0.416 e. The van der Waals surface area contributed by atoms with Crippen molar-refractivity contribution in [3.63, 3.8) is 0 Å². The molecule has 32 heavy (non-hydrogen) atoms. The molecule has 0 amide bonds. The molecule has 0 saturated heterocycles. The molecule has 9 heteroatoms. The Kier molecular flexibility index (Phi) is 9.12. The lowest BCUT2D eigenvalue weighted by Crippen LogP contribution is -2.34. The number of hydrogen-bond acceptors (Lipinski definition) is 3. The molecule has 3 rings (SSSR count). The monoisotopic (exact) mass is 471 g/mol. The van der Waals surface area contributed by atoms with Crippen LogP contribution in [0.25, 0.3) is 0 Å². The summed E-state index contributed by atoms with van der Waals surface area (Å²) in [5.41, 5.74) is 2.12. The van der Waals surface area contributed by atoms with Crippen LogP contribution in [0, 0.1) is 18.8 Å². The van der Waals surface area contributed by atoms with E-state index in [2.05, 4.69) is 29.1 Å². The van der Waals surface area contributed by atoms with Crippen LogP contribution in [0.2, 0.25) is 0 Å². The van der Waals surface area contributed by atoms with Crippen LogP contribution in [0.3, 0.4) is 0 Å². The van der Waals surface area contributed by atoms with Crippen molar-refractivity contribution in [2.75, 3.05) is 18.4 Å². The van der Waals surface area contributed by atoms with Gasteiger partial charge in [0.25, 0.3) is 10.2 Å². The number of fused-ring (bicyclic) bond motifs is 1. The van der Waals surface area contributed by atoms with Gasteiger partial charge in [-0.1, -0.05) is 49.7 Å². The summed E-state index contributed by atoms with van der Waals surface area (Å²) in [5.74, 6) is 0.276. The lowest BCUT2D eigenvalue weighted by molar-refractivity contribution is -0.137. The number of rotatable bonds is 6. The van der Waals surface area contributed by atoms with Crippen molar-refractivity contribution in [2.24, 2.45) is 17.0 Å². The zero-order valence-corrected chi connectivity index (χ0v) is 19.4. The molecule has 0 saturated carbocycles. The van der Waals surface area contributed by atoms with E-state index in [-0.39, 0.29) is 24.3 Å². The summed E-state index contributed by atoms with van der Waals surface area (Å²) in [6, 6.07) is 14.1. The van der Waals surface area contributed by atoms with Crippen molar-refractivity contribution in [3.8, 4) is 0 Å². The molecule has 178 valence electrons. The Morgan fingerprint density at radius 2 is 1.84 bits per heavy atom. The number of anilines is 1. The molecule has 1 heterocycles. The molecular weight excluding hydrogens is 439 g/mol. The molecule has 0 radical (unpaired) electrons. The predicted molar refractivity (Wildman–Crippen MR) is 123 cm³/mol. The summed E-state index contributed by atoms with van der Waals surface area (Å²) in [7, 11) is -3.70. The number of nitrogens with one attached hydrogen (secondary N) is 2. The zero-order chi connectivity index (χ0) is 23.9. The van der Waals surface area contributed by atoms with Crippen LogP contribution in [0.4, 0.5) is 18.9 Å². The average molecular weight is 472 g/mol. The van der Waals surface area contributed by atoms with Crippen LogP contribution in [-0.2, 0) is 16.4 Å². The maximum absolute atomic E-state index is 12.9. The van der Waals surface area contributed by atoms with E-state index in [0.717, 1.165) is 24.6 Å². The Morgan fingerprint density at radius 1 is 1.19 bits per heavy atom. The largest absolute Gasteiger partial charge is 0.416 e. The molecule has 3 atom stereocenters. The van der Waals surface area contributed by atoms with E-state index in [1.807, 2.05) is 32.0 Å². The molecule has 1 aliphatic rings. The molecule has 0 aliphatic carbocycles. The molecule has 4 N–H and O–H groups in total. The van der Waals surface area contributed by atoms with Gasteiger partial charge in [0, 0.05) is 18.8 Å². The van der Waals surface area contributed by atoms with E-state index in [0.29, 0.717) is 12.1 Å². The second-order valence-electron chi connectivity index (χ2n) is 8.46. The smallest absolute Gasteiger partial charge is 0.385 e. The van der Waals surface area contributed by atoms with Gasteiger partial charge in [0.1, 0.15) is 0 Å². The van der Waals surface area contributed by atoms with Crippen LogP contribution in [0.1, 0.15) is 49.3 Å². The molecule has 3 unspecified atom stereocenters. The molecule has 0 fully saturated rings. The first kappa shape index (κ1) is 26.2. The zero-order valence-electron chi connectivity index (χ0n) is 18.6. The van der Waals surface area contributed by atoms with Gasteiger partial charge in [0.05, 0.1) is 5.56 Å². The fourth-order valence-corrected chi connectivity index (χ4v) is 4.21.